The molecule has 0 unspecified atom stereocenters. The largest absolute Gasteiger partial charge is 0.493 e. The van der Waals surface area contributed by atoms with Crippen LogP contribution in [0, 0.1) is 6.92 Å². The summed E-state index contributed by atoms with van der Waals surface area (Å²) >= 11 is 0. The number of ketones is 1. The van der Waals surface area contributed by atoms with Crippen LogP contribution in [0.4, 0.5) is 0 Å². The zero-order chi connectivity index (χ0) is 26.4. The molecule has 0 aliphatic carbocycles. The molecule has 0 N–H and O–H groups in total. The van der Waals surface area contributed by atoms with Crippen molar-refractivity contribution in [3.63, 3.8) is 0 Å². The lowest BCUT2D eigenvalue weighted by molar-refractivity contribution is 0.101. The van der Waals surface area contributed by atoms with Gasteiger partial charge in [-0.1, -0.05) is 91.0 Å². The molecule has 0 fully saturated rings. The summed E-state index contributed by atoms with van der Waals surface area (Å²) in [6, 6.07) is 37.4. The van der Waals surface area contributed by atoms with Gasteiger partial charge in [0.25, 0.3) is 0 Å². The average molecular weight is 501 g/mol. The number of aryl methyl sites for hydroxylation is 2. The molecule has 0 aliphatic rings. The predicted molar refractivity (Wildman–Crippen MR) is 152 cm³/mol. The maximum absolute atomic E-state index is 11.6. The minimum absolute atomic E-state index is 0.0628. The van der Waals surface area contributed by atoms with Gasteiger partial charge >= 0.3 is 0 Å². The van der Waals surface area contributed by atoms with Crippen molar-refractivity contribution in [1.82, 2.24) is 9.55 Å². The third-order valence-corrected chi connectivity index (χ3v) is 7.01. The molecule has 0 saturated carbocycles. The molecule has 4 heteroatoms. The highest BCUT2D eigenvalue weighted by molar-refractivity contribution is 5.94. The molecule has 5 aromatic rings. The van der Waals surface area contributed by atoms with Gasteiger partial charge in [0.05, 0.1) is 18.6 Å². The molecular formula is C34H32N2O2. The normalized spacial score (nSPS) is 11.3. The minimum Gasteiger partial charge on any atom is -0.493 e. The van der Waals surface area contributed by atoms with Crippen LogP contribution in [0.3, 0.4) is 0 Å². The van der Waals surface area contributed by atoms with Gasteiger partial charge in [-0.2, -0.15) is 0 Å². The Morgan fingerprint density at radius 1 is 0.816 bits per heavy atom. The number of hydrogen-bond acceptors (Lipinski definition) is 3. The van der Waals surface area contributed by atoms with E-state index < -0.39 is 5.54 Å². The Morgan fingerprint density at radius 2 is 1.37 bits per heavy atom. The van der Waals surface area contributed by atoms with Crippen LogP contribution in [0.1, 0.15) is 51.7 Å². The van der Waals surface area contributed by atoms with E-state index in [0.29, 0.717) is 12.2 Å². The van der Waals surface area contributed by atoms with Crippen molar-refractivity contribution in [2.45, 2.75) is 32.2 Å². The molecule has 0 bridgehead atoms. The summed E-state index contributed by atoms with van der Waals surface area (Å²) in [5.74, 6) is 0.879. The Labute approximate surface area is 224 Å². The first-order valence-electron chi connectivity index (χ1n) is 13.0. The van der Waals surface area contributed by atoms with E-state index in [1.807, 2.05) is 31.5 Å². The second-order valence-corrected chi connectivity index (χ2v) is 9.57. The smallest absolute Gasteiger partial charge is 0.159 e. The highest BCUT2D eigenvalue weighted by Gasteiger charge is 2.38. The highest BCUT2D eigenvalue weighted by atomic mass is 16.5. The Morgan fingerprint density at radius 3 is 1.87 bits per heavy atom. The predicted octanol–water partition coefficient (Wildman–Crippen LogP) is 7.25. The Kier molecular flexibility index (Phi) is 7.50. The minimum atomic E-state index is -0.554. The van der Waals surface area contributed by atoms with E-state index in [1.165, 1.54) is 16.7 Å². The van der Waals surface area contributed by atoms with E-state index >= 15 is 0 Å². The summed E-state index contributed by atoms with van der Waals surface area (Å²) in [7, 11) is 0. The van der Waals surface area contributed by atoms with Gasteiger partial charge in [-0.25, -0.2) is 4.98 Å². The maximum Gasteiger partial charge on any atom is 0.159 e. The summed E-state index contributed by atoms with van der Waals surface area (Å²) < 4.78 is 8.27. The first kappa shape index (κ1) is 25.2. The zero-order valence-corrected chi connectivity index (χ0v) is 21.9. The summed E-state index contributed by atoms with van der Waals surface area (Å²) in [6.07, 6.45) is 5.75. The van der Waals surface area contributed by atoms with E-state index in [2.05, 4.69) is 102 Å². The van der Waals surface area contributed by atoms with E-state index in [9.17, 15) is 4.79 Å². The number of hydrogen-bond donors (Lipinski definition) is 0. The number of imidazole rings is 1. The lowest BCUT2D eigenvalue weighted by atomic mass is 9.77. The SMILES string of the molecule is CC(=O)c1ccc(OCCCc2cn(C(c3ccccc3)(c3ccccc3)c3ccccc3)cn2)c(C)c1. The van der Waals surface area contributed by atoms with E-state index in [-0.39, 0.29) is 5.78 Å². The number of aromatic nitrogens is 2. The van der Waals surface area contributed by atoms with Crippen molar-refractivity contribution >= 4 is 5.78 Å². The molecule has 5 rings (SSSR count). The monoisotopic (exact) mass is 500 g/mol. The van der Waals surface area contributed by atoms with Crippen molar-refractivity contribution in [3.8, 4) is 5.75 Å². The van der Waals surface area contributed by atoms with E-state index in [4.69, 9.17) is 9.72 Å². The van der Waals surface area contributed by atoms with Crippen molar-refractivity contribution in [2.24, 2.45) is 0 Å². The summed E-state index contributed by atoms with van der Waals surface area (Å²) in [6.45, 7) is 4.13. The highest BCUT2D eigenvalue weighted by Crippen LogP contribution is 2.40. The summed E-state index contributed by atoms with van der Waals surface area (Å²) in [5.41, 5.74) is 5.67. The van der Waals surface area contributed by atoms with Gasteiger partial charge in [-0.3, -0.25) is 4.79 Å². The van der Waals surface area contributed by atoms with E-state index in [1.54, 1.807) is 6.92 Å². The molecular weight excluding hydrogens is 468 g/mol. The number of Topliss-reactive ketones (excluding diaryl/α,β-unsaturated/α-hetero) is 1. The first-order chi connectivity index (χ1) is 18.6. The van der Waals surface area contributed by atoms with Crippen LogP contribution < -0.4 is 4.74 Å². The van der Waals surface area contributed by atoms with E-state index in [0.717, 1.165) is 29.8 Å². The maximum atomic E-state index is 11.6. The lowest BCUT2D eigenvalue weighted by Gasteiger charge is -2.37. The number of carbonyl (C=O) groups is 1. The number of carbonyl (C=O) groups excluding carboxylic acids is 1. The van der Waals surface area contributed by atoms with Crippen molar-refractivity contribution in [1.29, 1.82) is 0 Å². The lowest BCUT2D eigenvalue weighted by Crippen LogP contribution is -2.36. The molecule has 0 atom stereocenters. The van der Waals surface area contributed by atoms with Gasteiger partial charge in [0.1, 0.15) is 11.3 Å². The molecule has 0 saturated heterocycles. The van der Waals surface area contributed by atoms with Crippen molar-refractivity contribution in [2.75, 3.05) is 6.61 Å². The Balaban J connectivity index is 1.42. The summed E-state index contributed by atoms with van der Waals surface area (Å²) in [5, 5.41) is 0. The van der Waals surface area contributed by atoms with Gasteiger partial charge in [0.2, 0.25) is 0 Å². The van der Waals surface area contributed by atoms with Crippen molar-refractivity contribution in [3.05, 3.63) is 155 Å². The fourth-order valence-corrected chi connectivity index (χ4v) is 5.13. The van der Waals surface area contributed by atoms with Crippen LogP contribution in [-0.2, 0) is 12.0 Å². The first-order valence-corrected chi connectivity index (χ1v) is 13.0. The third kappa shape index (κ3) is 5.03. The Hall–Kier alpha value is -4.44. The number of rotatable bonds is 10. The fourth-order valence-electron chi connectivity index (χ4n) is 5.13. The van der Waals surface area contributed by atoms with Gasteiger partial charge < -0.3 is 9.30 Å². The Bertz CT molecular complexity index is 1400. The standard InChI is InChI=1S/C34H32N2O2/c1-26-23-28(27(2)37)20-21-33(26)38-22-12-19-32-24-36(25-35-32)34(29-13-6-3-7-14-29,30-15-8-4-9-16-30)31-17-10-5-11-18-31/h3-11,13-18,20-21,23-25H,12,19,22H2,1-2H3. The fraction of sp³-hybridized carbons (Fsp3) is 0.176. The molecule has 1 heterocycles. The van der Waals surface area contributed by atoms with Crippen LogP contribution in [0.2, 0.25) is 0 Å². The molecule has 38 heavy (non-hydrogen) atoms. The molecule has 4 nitrogen and oxygen atoms in total. The van der Waals surface area contributed by atoms with Gasteiger partial charge in [0.15, 0.2) is 5.78 Å². The molecule has 0 spiro atoms. The third-order valence-electron chi connectivity index (χ3n) is 7.01. The average Bonchev–Trinajstić information content (AvgIpc) is 3.43. The van der Waals surface area contributed by atoms with Crippen LogP contribution in [-0.4, -0.2) is 21.9 Å². The van der Waals surface area contributed by atoms with Gasteiger partial charge in [0, 0.05) is 11.8 Å². The number of benzene rings is 4. The second kappa shape index (κ2) is 11.3. The second-order valence-electron chi connectivity index (χ2n) is 9.57. The van der Waals surface area contributed by atoms with Crippen LogP contribution in [0.25, 0.3) is 0 Å². The molecule has 4 aromatic carbocycles. The topological polar surface area (TPSA) is 44.1 Å². The molecule has 190 valence electrons. The van der Waals surface area contributed by atoms with Crippen LogP contribution in [0.5, 0.6) is 5.75 Å². The van der Waals surface area contributed by atoms with Gasteiger partial charge in [-0.15, -0.1) is 0 Å². The van der Waals surface area contributed by atoms with Crippen molar-refractivity contribution < 1.29 is 9.53 Å². The zero-order valence-electron chi connectivity index (χ0n) is 21.9. The molecule has 0 radical (unpaired) electrons. The molecule has 0 amide bonds. The molecule has 0 aliphatic heterocycles. The van der Waals surface area contributed by atoms with Crippen LogP contribution >= 0.6 is 0 Å². The summed E-state index contributed by atoms with van der Waals surface area (Å²) in [4.78, 5) is 16.4. The molecule has 1 aromatic heterocycles. The number of nitrogens with zero attached hydrogens (tertiary/aromatic N) is 2. The van der Waals surface area contributed by atoms with Gasteiger partial charge in [-0.05, 0) is 67.1 Å². The van der Waals surface area contributed by atoms with Crippen LogP contribution in [0.15, 0.2) is 122 Å². The quantitative estimate of drug-likeness (QED) is 0.115. The number of ether oxygens (including phenoxy) is 1.